The van der Waals surface area contributed by atoms with E-state index in [0.717, 1.165) is 6.07 Å². The van der Waals surface area contributed by atoms with E-state index in [0.29, 0.717) is 0 Å². The van der Waals surface area contributed by atoms with Gasteiger partial charge >= 0.3 is 12.1 Å². The van der Waals surface area contributed by atoms with Crippen molar-refractivity contribution in [1.29, 1.82) is 0 Å². The first-order valence-electron chi connectivity index (χ1n) is 5.13. The maximum absolute atomic E-state index is 12.7. The predicted octanol–water partition coefficient (Wildman–Crippen LogP) is 3.64. The number of hydrogen-bond acceptors (Lipinski definition) is 2. The lowest BCUT2D eigenvalue weighted by Gasteiger charge is -2.15. The molecule has 0 aromatic heterocycles. The van der Waals surface area contributed by atoms with E-state index in [4.69, 9.17) is 16.7 Å². The molecular weight excluding hydrogens is 271 g/mol. The monoisotopic (exact) mass is 281 g/mol. The number of halogens is 4. The van der Waals surface area contributed by atoms with Crippen molar-refractivity contribution in [1.82, 2.24) is 0 Å². The SMILES string of the molecule is O=C(O)CCCNc1c(Cl)cccc1C(F)(F)F. The first kappa shape index (κ1) is 14.6. The number of aliphatic carboxylic acids is 1. The van der Waals surface area contributed by atoms with Gasteiger partial charge in [0.15, 0.2) is 0 Å². The molecule has 0 atom stereocenters. The molecule has 3 nitrogen and oxygen atoms in total. The second-order valence-electron chi connectivity index (χ2n) is 3.58. The fourth-order valence-corrected chi connectivity index (χ4v) is 1.63. The van der Waals surface area contributed by atoms with Crippen molar-refractivity contribution in [3.8, 4) is 0 Å². The Balaban J connectivity index is 2.78. The van der Waals surface area contributed by atoms with E-state index in [1.54, 1.807) is 0 Å². The maximum Gasteiger partial charge on any atom is 0.418 e. The number of carboxylic acids is 1. The lowest BCUT2D eigenvalue weighted by atomic mass is 10.1. The molecule has 0 spiro atoms. The third-order valence-electron chi connectivity index (χ3n) is 2.19. The lowest BCUT2D eigenvalue weighted by Crippen LogP contribution is -2.12. The van der Waals surface area contributed by atoms with Crippen LogP contribution in [0.4, 0.5) is 18.9 Å². The maximum atomic E-state index is 12.7. The number of carboxylic acid groups (broad SMARTS) is 1. The zero-order valence-electron chi connectivity index (χ0n) is 9.22. The molecule has 1 aromatic rings. The number of carbonyl (C=O) groups is 1. The van der Waals surface area contributed by atoms with Crippen LogP contribution < -0.4 is 5.32 Å². The molecule has 0 unspecified atom stereocenters. The molecule has 0 saturated carbocycles. The fourth-order valence-electron chi connectivity index (χ4n) is 1.39. The van der Waals surface area contributed by atoms with E-state index in [-0.39, 0.29) is 30.1 Å². The third-order valence-corrected chi connectivity index (χ3v) is 2.50. The summed E-state index contributed by atoms with van der Waals surface area (Å²) >= 11 is 5.70. The van der Waals surface area contributed by atoms with Crippen LogP contribution in [0.5, 0.6) is 0 Å². The van der Waals surface area contributed by atoms with Gasteiger partial charge in [0.25, 0.3) is 0 Å². The summed E-state index contributed by atoms with van der Waals surface area (Å²) in [4.78, 5) is 10.3. The first-order chi connectivity index (χ1) is 8.32. The Morgan fingerprint density at radius 1 is 1.39 bits per heavy atom. The number of nitrogens with one attached hydrogen (secondary N) is 1. The fraction of sp³-hybridized carbons (Fsp3) is 0.364. The minimum Gasteiger partial charge on any atom is -0.481 e. The number of rotatable bonds is 5. The van der Waals surface area contributed by atoms with Gasteiger partial charge in [0, 0.05) is 13.0 Å². The van der Waals surface area contributed by atoms with E-state index < -0.39 is 17.7 Å². The second kappa shape index (κ2) is 5.95. The normalized spacial score (nSPS) is 11.3. The van der Waals surface area contributed by atoms with Gasteiger partial charge in [-0.3, -0.25) is 4.79 Å². The molecule has 2 N–H and O–H groups in total. The van der Waals surface area contributed by atoms with Crippen molar-refractivity contribution in [2.75, 3.05) is 11.9 Å². The minimum absolute atomic E-state index is 0.0415. The molecule has 0 aliphatic heterocycles. The van der Waals surface area contributed by atoms with Gasteiger partial charge in [-0.05, 0) is 18.6 Å². The predicted molar refractivity (Wildman–Crippen MR) is 61.8 cm³/mol. The average Bonchev–Trinajstić information content (AvgIpc) is 2.24. The van der Waals surface area contributed by atoms with Gasteiger partial charge in [-0.15, -0.1) is 0 Å². The van der Waals surface area contributed by atoms with Crippen molar-refractivity contribution >= 4 is 23.3 Å². The van der Waals surface area contributed by atoms with E-state index in [2.05, 4.69) is 5.32 Å². The Hall–Kier alpha value is -1.43. The molecule has 100 valence electrons. The van der Waals surface area contributed by atoms with Crippen LogP contribution in [0.15, 0.2) is 18.2 Å². The van der Waals surface area contributed by atoms with Crippen LogP contribution in [-0.4, -0.2) is 17.6 Å². The van der Waals surface area contributed by atoms with Crippen molar-refractivity contribution in [3.63, 3.8) is 0 Å². The zero-order valence-corrected chi connectivity index (χ0v) is 9.98. The number of alkyl halides is 3. The van der Waals surface area contributed by atoms with E-state index >= 15 is 0 Å². The van der Waals surface area contributed by atoms with Crippen molar-refractivity contribution in [2.24, 2.45) is 0 Å². The van der Waals surface area contributed by atoms with E-state index in [1.807, 2.05) is 0 Å². The Bertz CT molecular complexity index is 435. The summed E-state index contributed by atoms with van der Waals surface area (Å²) in [6, 6.07) is 3.48. The van der Waals surface area contributed by atoms with Crippen molar-refractivity contribution in [3.05, 3.63) is 28.8 Å². The van der Waals surface area contributed by atoms with E-state index in [1.165, 1.54) is 12.1 Å². The van der Waals surface area contributed by atoms with Gasteiger partial charge in [-0.2, -0.15) is 13.2 Å². The zero-order chi connectivity index (χ0) is 13.8. The highest BCUT2D eigenvalue weighted by Crippen LogP contribution is 2.38. The quantitative estimate of drug-likeness (QED) is 0.810. The van der Waals surface area contributed by atoms with Crippen LogP contribution in [0.3, 0.4) is 0 Å². The molecule has 1 aromatic carbocycles. The van der Waals surface area contributed by atoms with Crippen LogP contribution in [0.2, 0.25) is 5.02 Å². The third kappa shape index (κ3) is 4.10. The summed E-state index contributed by atoms with van der Waals surface area (Å²) in [6.45, 7) is 0.110. The summed E-state index contributed by atoms with van der Waals surface area (Å²) < 4.78 is 38.0. The van der Waals surface area contributed by atoms with Crippen molar-refractivity contribution < 1.29 is 23.1 Å². The smallest absolute Gasteiger partial charge is 0.418 e. The average molecular weight is 282 g/mol. The van der Waals surface area contributed by atoms with Crippen LogP contribution >= 0.6 is 11.6 Å². The molecule has 0 saturated heterocycles. The Morgan fingerprint density at radius 2 is 2.06 bits per heavy atom. The second-order valence-corrected chi connectivity index (χ2v) is 3.99. The lowest BCUT2D eigenvalue weighted by molar-refractivity contribution is -0.138. The van der Waals surface area contributed by atoms with Crippen molar-refractivity contribution in [2.45, 2.75) is 19.0 Å². The molecule has 0 aliphatic carbocycles. The number of benzene rings is 1. The highest BCUT2D eigenvalue weighted by atomic mass is 35.5. The molecule has 1 rings (SSSR count). The molecule has 18 heavy (non-hydrogen) atoms. The summed E-state index contributed by atoms with van der Waals surface area (Å²) in [6.07, 6.45) is -4.39. The Kier molecular flexibility index (Phi) is 4.84. The molecule has 0 amide bonds. The topological polar surface area (TPSA) is 49.3 Å². The molecule has 0 heterocycles. The molecule has 0 fully saturated rings. The number of hydrogen-bond donors (Lipinski definition) is 2. The van der Waals surface area contributed by atoms with Gasteiger partial charge in [0.2, 0.25) is 0 Å². The molecule has 0 radical (unpaired) electrons. The summed E-state index contributed by atoms with van der Waals surface area (Å²) in [5, 5.41) is 10.9. The molecule has 0 aliphatic rings. The highest BCUT2D eigenvalue weighted by Gasteiger charge is 2.34. The van der Waals surface area contributed by atoms with Crippen LogP contribution in [0.25, 0.3) is 0 Å². The molecular formula is C11H11ClF3NO2. The highest BCUT2D eigenvalue weighted by molar-refractivity contribution is 6.33. The molecule has 0 bridgehead atoms. The Morgan fingerprint density at radius 3 is 2.61 bits per heavy atom. The van der Waals surface area contributed by atoms with Crippen LogP contribution in [-0.2, 0) is 11.0 Å². The summed E-state index contributed by atoms with van der Waals surface area (Å²) in [7, 11) is 0. The summed E-state index contributed by atoms with van der Waals surface area (Å²) in [5.41, 5.74) is -1.07. The van der Waals surface area contributed by atoms with E-state index in [9.17, 15) is 18.0 Å². The van der Waals surface area contributed by atoms with Gasteiger partial charge in [-0.25, -0.2) is 0 Å². The Labute approximate surface area is 107 Å². The largest absolute Gasteiger partial charge is 0.481 e. The first-order valence-corrected chi connectivity index (χ1v) is 5.51. The van der Waals surface area contributed by atoms with Gasteiger partial charge in [0.05, 0.1) is 16.3 Å². The van der Waals surface area contributed by atoms with Gasteiger partial charge < -0.3 is 10.4 Å². The number of anilines is 1. The van der Waals surface area contributed by atoms with Crippen LogP contribution in [0.1, 0.15) is 18.4 Å². The number of para-hydroxylation sites is 1. The summed E-state index contributed by atoms with van der Waals surface area (Å²) in [5.74, 6) is -0.994. The molecule has 7 heteroatoms. The van der Waals surface area contributed by atoms with Crippen LogP contribution in [0, 0.1) is 0 Å². The minimum atomic E-state index is -4.50. The van der Waals surface area contributed by atoms with Gasteiger partial charge in [-0.1, -0.05) is 17.7 Å². The van der Waals surface area contributed by atoms with Gasteiger partial charge in [0.1, 0.15) is 0 Å². The standard InChI is InChI=1S/C11H11ClF3NO2/c12-8-4-1-3-7(11(13,14)15)10(8)16-6-2-5-9(17)18/h1,3-4,16H,2,5-6H2,(H,17,18).